The summed E-state index contributed by atoms with van der Waals surface area (Å²) in [6.45, 7) is 8.12. The zero-order valence-electron chi connectivity index (χ0n) is 9.64. The van der Waals surface area contributed by atoms with Crippen LogP contribution in [0, 0.1) is 25.2 Å². The topological polar surface area (TPSA) is 57.8 Å². The monoisotopic (exact) mass is 207 g/mol. The number of anilines is 1. The second-order valence-electron chi connectivity index (χ2n) is 5.06. The summed E-state index contributed by atoms with van der Waals surface area (Å²) in [6.07, 6.45) is 0.973. The first kappa shape index (κ1) is 10.2. The normalized spacial score (nSPS) is 22.5. The first-order valence-electron chi connectivity index (χ1n) is 5.24. The van der Waals surface area contributed by atoms with Crippen molar-refractivity contribution in [1.29, 1.82) is 0 Å². The zero-order valence-corrected chi connectivity index (χ0v) is 9.64. The molecule has 15 heavy (non-hydrogen) atoms. The van der Waals surface area contributed by atoms with Gasteiger partial charge in [0.25, 0.3) is 0 Å². The lowest BCUT2D eigenvalue weighted by Gasteiger charge is -2.04. The third kappa shape index (κ3) is 1.76. The van der Waals surface area contributed by atoms with Crippen LogP contribution in [0.5, 0.6) is 0 Å². The van der Waals surface area contributed by atoms with Crippen LogP contribution >= 0.6 is 0 Å². The average Bonchev–Trinajstić information content (AvgIpc) is 2.69. The maximum Gasteiger partial charge on any atom is 0.229 e. The molecule has 1 aliphatic carbocycles. The number of hydrogen-bond donors (Lipinski definition) is 2. The van der Waals surface area contributed by atoms with Crippen LogP contribution in [0.1, 0.15) is 31.5 Å². The van der Waals surface area contributed by atoms with Gasteiger partial charge in [-0.3, -0.25) is 9.89 Å². The van der Waals surface area contributed by atoms with Crippen LogP contribution in [-0.4, -0.2) is 16.1 Å². The minimum absolute atomic E-state index is 0.0922. The van der Waals surface area contributed by atoms with E-state index in [1.807, 2.05) is 13.8 Å². The van der Waals surface area contributed by atoms with Crippen LogP contribution in [0.3, 0.4) is 0 Å². The van der Waals surface area contributed by atoms with Gasteiger partial charge in [0.1, 0.15) is 0 Å². The summed E-state index contributed by atoms with van der Waals surface area (Å²) < 4.78 is 0. The number of H-pyrrole nitrogens is 1. The Hall–Kier alpha value is -1.32. The Morgan fingerprint density at radius 1 is 1.53 bits per heavy atom. The van der Waals surface area contributed by atoms with Crippen LogP contribution < -0.4 is 5.32 Å². The molecular weight excluding hydrogens is 190 g/mol. The fourth-order valence-electron chi connectivity index (χ4n) is 1.73. The van der Waals surface area contributed by atoms with Crippen molar-refractivity contribution in [1.82, 2.24) is 10.2 Å². The number of rotatable bonds is 2. The van der Waals surface area contributed by atoms with Gasteiger partial charge in [-0.25, -0.2) is 0 Å². The number of hydrogen-bond acceptors (Lipinski definition) is 2. The molecule has 1 unspecified atom stereocenters. The lowest BCUT2D eigenvalue weighted by Crippen LogP contribution is -2.17. The molecule has 0 spiro atoms. The summed E-state index contributed by atoms with van der Waals surface area (Å²) in [5.41, 5.74) is 2.19. The molecule has 0 saturated heterocycles. The van der Waals surface area contributed by atoms with Gasteiger partial charge in [0.2, 0.25) is 5.91 Å². The summed E-state index contributed by atoms with van der Waals surface area (Å²) in [7, 11) is 0. The van der Waals surface area contributed by atoms with E-state index in [1.54, 1.807) is 0 Å². The van der Waals surface area contributed by atoms with E-state index in [-0.39, 0.29) is 17.2 Å². The van der Waals surface area contributed by atoms with E-state index in [2.05, 4.69) is 29.4 Å². The summed E-state index contributed by atoms with van der Waals surface area (Å²) in [4.78, 5) is 11.8. The number of carbonyl (C=O) groups excluding carboxylic acids is 1. The number of aromatic amines is 1. The van der Waals surface area contributed by atoms with Gasteiger partial charge in [0.05, 0.1) is 0 Å². The third-order valence-electron chi connectivity index (χ3n) is 3.32. The Labute approximate surface area is 89.5 Å². The van der Waals surface area contributed by atoms with Gasteiger partial charge in [-0.1, -0.05) is 13.8 Å². The van der Waals surface area contributed by atoms with E-state index >= 15 is 0 Å². The molecule has 0 bridgehead atoms. The fraction of sp³-hybridized carbons (Fsp3) is 0.636. The molecule has 1 heterocycles. The van der Waals surface area contributed by atoms with Crippen molar-refractivity contribution in [3.8, 4) is 0 Å². The molecule has 1 atom stereocenters. The summed E-state index contributed by atoms with van der Waals surface area (Å²) in [5.74, 6) is 0.906. The van der Waals surface area contributed by atoms with Crippen molar-refractivity contribution in [2.24, 2.45) is 11.3 Å². The molecule has 1 aromatic heterocycles. The second kappa shape index (κ2) is 3.08. The van der Waals surface area contributed by atoms with Crippen LogP contribution in [-0.2, 0) is 4.79 Å². The molecule has 0 radical (unpaired) electrons. The Bertz CT molecular complexity index is 406. The molecule has 1 aromatic rings. The maximum absolute atomic E-state index is 11.8. The van der Waals surface area contributed by atoms with E-state index in [9.17, 15) is 4.79 Å². The number of aryl methyl sites for hydroxylation is 1. The molecule has 1 aliphatic rings. The largest absolute Gasteiger partial charge is 0.309 e. The van der Waals surface area contributed by atoms with Crippen molar-refractivity contribution >= 4 is 11.7 Å². The molecule has 1 saturated carbocycles. The Morgan fingerprint density at radius 3 is 2.53 bits per heavy atom. The summed E-state index contributed by atoms with van der Waals surface area (Å²) in [6, 6.07) is 0. The molecule has 82 valence electrons. The first-order chi connectivity index (χ1) is 6.92. The Kier molecular flexibility index (Phi) is 2.10. The van der Waals surface area contributed by atoms with E-state index in [0.717, 1.165) is 17.7 Å². The maximum atomic E-state index is 11.8. The Morgan fingerprint density at radius 2 is 2.13 bits per heavy atom. The van der Waals surface area contributed by atoms with Gasteiger partial charge in [-0.2, -0.15) is 5.10 Å². The summed E-state index contributed by atoms with van der Waals surface area (Å²) >= 11 is 0. The van der Waals surface area contributed by atoms with Crippen LogP contribution in [0.2, 0.25) is 0 Å². The van der Waals surface area contributed by atoms with Crippen molar-refractivity contribution < 1.29 is 4.79 Å². The predicted molar refractivity (Wildman–Crippen MR) is 58.6 cm³/mol. The molecule has 2 rings (SSSR count). The highest BCUT2D eigenvalue weighted by atomic mass is 16.2. The quantitative estimate of drug-likeness (QED) is 0.779. The standard InChI is InChI=1S/C11H17N3O/c1-6-7(2)13-14-9(6)12-10(15)8-5-11(8,3)4/h8H,5H2,1-4H3,(H2,12,13,14,15). The fourth-order valence-corrected chi connectivity index (χ4v) is 1.73. The molecule has 0 aliphatic heterocycles. The molecule has 4 heteroatoms. The van der Waals surface area contributed by atoms with Crippen LogP contribution in [0.25, 0.3) is 0 Å². The molecule has 4 nitrogen and oxygen atoms in total. The molecule has 1 fully saturated rings. The zero-order chi connectivity index (χ0) is 11.2. The van der Waals surface area contributed by atoms with E-state index in [0.29, 0.717) is 5.82 Å². The number of amides is 1. The van der Waals surface area contributed by atoms with Gasteiger partial charge >= 0.3 is 0 Å². The average molecular weight is 207 g/mol. The first-order valence-corrected chi connectivity index (χ1v) is 5.24. The highest BCUT2D eigenvalue weighted by Gasteiger charge is 2.50. The van der Waals surface area contributed by atoms with Crippen molar-refractivity contribution in [2.75, 3.05) is 5.32 Å². The molecule has 1 amide bonds. The van der Waals surface area contributed by atoms with Gasteiger partial charge in [0.15, 0.2) is 5.82 Å². The van der Waals surface area contributed by atoms with Crippen LogP contribution in [0.4, 0.5) is 5.82 Å². The van der Waals surface area contributed by atoms with E-state index in [1.165, 1.54) is 0 Å². The smallest absolute Gasteiger partial charge is 0.229 e. The van der Waals surface area contributed by atoms with Crippen molar-refractivity contribution in [3.63, 3.8) is 0 Å². The van der Waals surface area contributed by atoms with Gasteiger partial charge in [0, 0.05) is 17.2 Å². The molecule has 2 N–H and O–H groups in total. The SMILES string of the molecule is Cc1[nH]nc(NC(=O)C2CC2(C)C)c1C. The minimum Gasteiger partial charge on any atom is -0.309 e. The third-order valence-corrected chi connectivity index (χ3v) is 3.32. The van der Waals surface area contributed by atoms with Crippen LogP contribution in [0.15, 0.2) is 0 Å². The van der Waals surface area contributed by atoms with Crippen molar-refractivity contribution in [3.05, 3.63) is 11.3 Å². The summed E-state index contributed by atoms with van der Waals surface area (Å²) in [5, 5.41) is 9.78. The number of nitrogens with zero attached hydrogens (tertiary/aromatic N) is 1. The van der Waals surface area contributed by atoms with Gasteiger partial charge in [-0.05, 0) is 25.7 Å². The Balaban J connectivity index is 2.04. The highest BCUT2D eigenvalue weighted by Crippen LogP contribution is 2.51. The predicted octanol–water partition coefficient (Wildman–Crippen LogP) is 2.01. The number of aromatic nitrogens is 2. The molecule has 0 aromatic carbocycles. The van der Waals surface area contributed by atoms with E-state index < -0.39 is 0 Å². The van der Waals surface area contributed by atoms with Gasteiger partial charge in [-0.15, -0.1) is 0 Å². The molecular formula is C11H17N3O. The van der Waals surface area contributed by atoms with Gasteiger partial charge < -0.3 is 5.32 Å². The second-order valence-corrected chi connectivity index (χ2v) is 5.06. The van der Waals surface area contributed by atoms with Crippen molar-refractivity contribution in [2.45, 2.75) is 34.1 Å². The highest BCUT2D eigenvalue weighted by molar-refractivity contribution is 5.94. The lowest BCUT2D eigenvalue weighted by atomic mass is 10.1. The lowest BCUT2D eigenvalue weighted by molar-refractivity contribution is -0.118. The van der Waals surface area contributed by atoms with E-state index in [4.69, 9.17) is 0 Å². The number of nitrogens with one attached hydrogen (secondary N) is 2. The number of carbonyl (C=O) groups is 1. The minimum atomic E-state index is 0.0922.